The van der Waals surface area contributed by atoms with E-state index in [4.69, 9.17) is 12.2 Å². The van der Waals surface area contributed by atoms with Gasteiger partial charge in [0.2, 0.25) is 0 Å². The Morgan fingerprint density at radius 3 is 2.50 bits per heavy atom. The SMILES string of the molecule is Cc1ccccc1N1C(=O)/C(=C/c2ccc(O)cc2)SC1=S. The molecule has 0 saturated carbocycles. The number of benzene rings is 2. The second-order valence-corrected chi connectivity index (χ2v) is 6.57. The molecule has 3 rings (SSSR count). The molecule has 1 fully saturated rings. The number of aromatic hydroxyl groups is 1. The molecule has 5 heteroatoms. The highest BCUT2D eigenvalue weighted by molar-refractivity contribution is 8.27. The predicted molar refractivity (Wildman–Crippen MR) is 94.9 cm³/mol. The van der Waals surface area contributed by atoms with Gasteiger partial charge in [-0.25, -0.2) is 0 Å². The Morgan fingerprint density at radius 1 is 1.14 bits per heavy atom. The van der Waals surface area contributed by atoms with Gasteiger partial charge in [-0.05, 0) is 42.3 Å². The van der Waals surface area contributed by atoms with Gasteiger partial charge in [-0.2, -0.15) is 0 Å². The summed E-state index contributed by atoms with van der Waals surface area (Å²) in [5, 5.41) is 9.31. The molecule has 1 aliphatic heterocycles. The van der Waals surface area contributed by atoms with Gasteiger partial charge in [-0.15, -0.1) is 0 Å². The number of nitrogens with zero attached hydrogens (tertiary/aromatic N) is 1. The van der Waals surface area contributed by atoms with Crippen LogP contribution in [0.5, 0.6) is 5.75 Å². The minimum absolute atomic E-state index is 0.114. The molecular weight excluding hydrogens is 314 g/mol. The molecule has 110 valence electrons. The van der Waals surface area contributed by atoms with Crippen molar-refractivity contribution in [3.8, 4) is 5.75 Å². The zero-order chi connectivity index (χ0) is 15.7. The molecule has 1 aliphatic rings. The molecule has 3 nitrogen and oxygen atoms in total. The van der Waals surface area contributed by atoms with E-state index in [1.54, 1.807) is 35.2 Å². The molecule has 2 aromatic rings. The number of anilines is 1. The molecule has 0 unspecified atom stereocenters. The first-order valence-corrected chi connectivity index (χ1v) is 7.91. The van der Waals surface area contributed by atoms with Crippen molar-refractivity contribution in [1.82, 2.24) is 0 Å². The first-order chi connectivity index (χ1) is 10.6. The summed E-state index contributed by atoms with van der Waals surface area (Å²) in [6.45, 7) is 1.96. The number of thiocarbonyl (C=S) groups is 1. The van der Waals surface area contributed by atoms with E-state index >= 15 is 0 Å². The summed E-state index contributed by atoms with van der Waals surface area (Å²) in [5.74, 6) is 0.0852. The summed E-state index contributed by atoms with van der Waals surface area (Å²) >= 11 is 6.65. The van der Waals surface area contributed by atoms with Crippen molar-refractivity contribution < 1.29 is 9.90 Å². The van der Waals surface area contributed by atoms with Gasteiger partial charge in [0, 0.05) is 0 Å². The fourth-order valence-corrected chi connectivity index (χ4v) is 3.50. The molecular formula is C17H13NO2S2. The average Bonchev–Trinajstić information content (AvgIpc) is 2.77. The molecule has 1 saturated heterocycles. The van der Waals surface area contributed by atoms with Crippen molar-refractivity contribution in [2.45, 2.75) is 6.92 Å². The molecule has 0 bridgehead atoms. The van der Waals surface area contributed by atoms with Gasteiger partial charge in [0.05, 0.1) is 10.6 Å². The Morgan fingerprint density at radius 2 is 1.82 bits per heavy atom. The van der Waals surface area contributed by atoms with Crippen LogP contribution in [0.1, 0.15) is 11.1 Å². The third-order valence-corrected chi connectivity index (χ3v) is 4.64. The fourth-order valence-electron chi connectivity index (χ4n) is 2.21. The summed E-state index contributed by atoms with van der Waals surface area (Å²) in [6.07, 6.45) is 1.79. The number of phenols is 1. The minimum Gasteiger partial charge on any atom is -0.508 e. The average molecular weight is 327 g/mol. The highest BCUT2D eigenvalue weighted by Crippen LogP contribution is 2.37. The first-order valence-electron chi connectivity index (χ1n) is 6.69. The number of carbonyl (C=O) groups excluding carboxylic acids is 1. The van der Waals surface area contributed by atoms with Crippen LogP contribution in [0.2, 0.25) is 0 Å². The normalized spacial score (nSPS) is 16.6. The van der Waals surface area contributed by atoms with Crippen LogP contribution in [-0.4, -0.2) is 15.3 Å². The van der Waals surface area contributed by atoms with Gasteiger partial charge in [0.15, 0.2) is 4.32 Å². The number of aryl methyl sites for hydroxylation is 1. The lowest BCUT2D eigenvalue weighted by atomic mass is 10.1. The van der Waals surface area contributed by atoms with Gasteiger partial charge < -0.3 is 5.11 Å². The van der Waals surface area contributed by atoms with E-state index in [1.807, 2.05) is 31.2 Å². The van der Waals surface area contributed by atoms with Crippen LogP contribution in [0.3, 0.4) is 0 Å². The number of hydrogen-bond acceptors (Lipinski definition) is 4. The van der Waals surface area contributed by atoms with Crippen molar-refractivity contribution in [3.63, 3.8) is 0 Å². The van der Waals surface area contributed by atoms with Crippen molar-refractivity contribution in [2.75, 3.05) is 4.90 Å². The first kappa shape index (κ1) is 14.8. The lowest BCUT2D eigenvalue weighted by Crippen LogP contribution is -2.28. The fraction of sp³-hybridized carbons (Fsp3) is 0.0588. The number of para-hydroxylation sites is 1. The summed E-state index contributed by atoms with van der Waals surface area (Å²) in [6, 6.07) is 14.4. The van der Waals surface area contributed by atoms with Crippen LogP contribution in [0, 0.1) is 6.92 Å². The maximum Gasteiger partial charge on any atom is 0.270 e. The molecule has 22 heavy (non-hydrogen) atoms. The topological polar surface area (TPSA) is 40.5 Å². The quantitative estimate of drug-likeness (QED) is 0.666. The molecule has 2 aromatic carbocycles. The van der Waals surface area contributed by atoms with E-state index in [1.165, 1.54) is 11.8 Å². The van der Waals surface area contributed by atoms with E-state index in [9.17, 15) is 9.90 Å². The molecule has 0 aliphatic carbocycles. The molecule has 1 amide bonds. The minimum atomic E-state index is -0.114. The van der Waals surface area contributed by atoms with Gasteiger partial charge in [0.1, 0.15) is 5.75 Å². The number of phenolic OH excluding ortho intramolecular Hbond substituents is 1. The smallest absolute Gasteiger partial charge is 0.270 e. The van der Waals surface area contributed by atoms with Crippen LogP contribution < -0.4 is 4.90 Å². The van der Waals surface area contributed by atoms with Crippen molar-refractivity contribution in [3.05, 3.63) is 64.6 Å². The zero-order valence-corrected chi connectivity index (χ0v) is 13.4. The van der Waals surface area contributed by atoms with Crippen LogP contribution in [-0.2, 0) is 4.79 Å². The zero-order valence-electron chi connectivity index (χ0n) is 11.8. The third-order valence-electron chi connectivity index (χ3n) is 3.34. The standard InChI is InChI=1S/C17H13NO2S2/c1-11-4-2-3-5-14(11)18-16(20)15(22-17(18)21)10-12-6-8-13(19)9-7-12/h2-10,19H,1H3/b15-10-. The van der Waals surface area contributed by atoms with Crippen LogP contribution in [0.15, 0.2) is 53.4 Å². The molecule has 0 atom stereocenters. The van der Waals surface area contributed by atoms with E-state index in [-0.39, 0.29) is 11.7 Å². The third kappa shape index (κ3) is 2.77. The Hall–Kier alpha value is -2.11. The van der Waals surface area contributed by atoms with Gasteiger partial charge >= 0.3 is 0 Å². The van der Waals surface area contributed by atoms with Crippen molar-refractivity contribution in [2.24, 2.45) is 0 Å². The Labute approximate surface area is 138 Å². The summed E-state index contributed by atoms with van der Waals surface area (Å²) in [5.41, 5.74) is 2.67. The van der Waals surface area contributed by atoms with Gasteiger partial charge in [-0.1, -0.05) is 54.3 Å². The Kier molecular flexibility index (Phi) is 4.00. The highest BCUT2D eigenvalue weighted by atomic mass is 32.2. The van der Waals surface area contributed by atoms with Crippen LogP contribution >= 0.6 is 24.0 Å². The summed E-state index contributed by atoms with van der Waals surface area (Å²) in [4.78, 5) is 14.8. The monoisotopic (exact) mass is 327 g/mol. The number of carbonyl (C=O) groups is 1. The van der Waals surface area contributed by atoms with Crippen LogP contribution in [0.25, 0.3) is 6.08 Å². The number of amides is 1. The van der Waals surface area contributed by atoms with Crippen LogP contribution in [0.4, 0.5) is 5.69 Å². The Bertz CT molecular complexity index is 782. The summed E-state index contributed by atoms with van der Waals surface area (Å²) in [7, 11) is 0. The predicted octanol–water partition coefficient (Wildman–Crippen LogP) is 4.11. The largest absolute Gasteiger partial charge is 0.508 e. The molecule has 0 radical (unpaired) electrons. The van der Waals surface area contributed by atoms with Crippen molar-refractivity contribution in [1.29, 1.82) is 0 Å². The maximum absolute atomic E-state index is 12.6. The molecule has 1 heterocycles. The number of hydrogen-bond donors (Lipinski definition) is 1. The van der Waals surface area contributed by atoms with Crippen molar-refractivity contribution >= 4 is 46.0 Å². The lowest BCUT2D eigenvalue weighted by molar-refractivity contribution is -0.113. The van der Waals surface area contributed by atoms with Gasteiger partial charge in [-0.3, -0.25) is 9.69 Å². The Balaban J connectivity index is 1.95. The molecule has 0 aromatic heterocycles. The highest BCUT2D eigenvalue weighted by Gasteiger charge is 2.33. The van der Waals surface area contributed by atoms with E-state index in [0.29, 0.717) is 9.23 Å². The number of rotatable bonds is 2. The summed E-state index contributed by atoms with van der Waals surface area (Å²) < 4.78 is 0.532. The van der Waals surface area contributed by atoms with E-state index < -0.39 is 0 Å². The lowest BCUT2D eigenvalue weighted by Gasteiger charge is -2.16. The van der Waals surface area contributed by atoms with E-state index in [0.717, 1.165) is 16.8 Å². The van der Waals surface area contributed by atoms with E-state index in [2.05, 4.69) is 0 Å². The molecule has 0 spiro atoms. The second-order valence-electron chi connectivity index (χ2n) is 4.90. The molecule has 1 N–H and O–H groups in total. The second kappa shape index (κ2) is 5.94. The van der Waals surface area contributed by atoms with Gasteiger partial charge in [0.25, 0.3) is 5.91 Å². The number of thioether (sulfide) groups is 1. The maximum atomic E-state index is 12.6.